The number of aromatic nitrogens is 4. The fourth-order valence-corrected chi connectivity index (χ4v) is 5.31. The van der Waals surface area contributed by atoms with Crippen molar-refractivity contribution >= 4 is 40.4 Å². The van der Waals surface area contributed by atoms with E-state index in [1.165, 1.54) is 5.69 Å². The summed E-state index contributed by atoms with van der Waals surface area (Å²) in [4.78, 5) is 31.2. The second-order valence-electron chi connectivity index (χ2n) is 11.7. The molecule has 11 heteroatoms. The molecule has 6 rings (SSSR count). The maximum atomic E-state index is 12.7. The monoisotopic (exact) mass is 570 g/mol. The Morgan fingerprint density at radius 3 is 2.52 bits per heavy atom. The van der Waals surface area contributed by atoms with Crippen LogP contribution in [0.2, 0.25) is 0 Å². The maximum Gasteiger partial charge on any atom is 0.410 e. The van der Waals surface area contributed by atoms with Gasteiger partial charge in [0.1, 0.15) is 5.60 Å². The molecule has 2 aliphatic rings. The van der Waals surface area contributed by atoms with E-state index in [4.69, 9.17) is 24.4 Å². The van der Waals surface area contributed by atoms with Crippen LogP contribution in [0.5, 0.6) is 0 Å². The van der Waals surface area contributed by atoms with E-state index in [1.54, 1.807) is 11.2 Å². The standard InChI is InChI=1S/C31H38N8O3/c1-31(2,3)42-30(40)38-14-13-25(20-38)39-21-33-26-27(32-19-22-7-5-4-6-8-22)35-29(36-28(26)39)34-23-9-11-24(12-10-23)37-15-17-41-18-16-37/h4-12,21,25H,13-20H2,1-3H3,(H2,32,34,35,36). The Labute approximate surface area is 245 Å². The van der Waals surface area contributed by atoms with Gasteiger partial charge in [-0.05, 0) is 57.0 Å². The van der Waals surface area contributed by atoms with Crippen molar-refractivity contribution in [2.24, 2.45) is 0 Å². The molecule has 2 aromatic carbocycles. The van der Waals surface area contributed by atoms with Crippen LogP contribution in [-0.2, 0) is 16.0 Å². The molecule has 4 heterocycles. The fourth-order valence-electron chi connectivity index (χ4n) is 5.31. The van der Waals surface area contributed by atoms with Crippen molar-refractivity contribution in [3.63, 3.8) is 0 Å². The molecule has 2 aliphatic heterocycles. The van der Waals surface area contributed by atoms with Crippen LogP contribution in [0.4, 0.5) is 27.9 Å². The van der Waals surface area contributed by atoms with Gasteiger partial charge in [-0.1, -0.05) is 30.3 Å². The van der Waals surface area contributed by atoms with Crippen LogP contribution in [0.3, 0.4) is 0 Å². The minimum Gasteiger partial charge on any atom is -0.444 e. The normalized spacial score (nSPS) is 17.5. The summed E-state index contributed by atoms with van der Waals surface area (Å²) in [5.41, 5.74) is 4.06. The molecule has 2 saturated heterocycles. The molecule has 2 N–H and O–H groups in total. The lowest BCUT2D eigenvalue weighted by atomic mass is 10.2. The van der Waals surface area contributed by atoms with E-state index >= 15 is 0 Å². The van der Waals surface area contributed by atoms with Crippen molar-refractivity contribution < 1.29 is 14.3 Å². The van der Waals surface area contributed by atoms with E-state index in [2.05, 4.69) is 44.4 Å². The Bertz CT molecular complexity index is 1510. The van der Waals surface area contributed by atoms with E-state index in [0.717, 1.165) is 44.0 Å². The van der Waals surface area contributed by atoms with Crippen molar-refractivity contribution in [2.75, 3.05) is 54.9 Å². The lowest BCUT2D eigenvalue weighted by Crippen LogP contribution is -2.36. The van der Waals surface area contributed by atoms with Crippen LogP contribution in [0.1, 0.15) is 38.8 Å². The van der Waals surface area contributed by atoms with Gasteiger partial charge in [0.25, 0.3) is 0 Å². The Morgan fingerprint density at radius 2 is 1.79 bits per heavy atom. The molecular formula is C31H38N8O3. The maximum absolute atomic E-state index is 12.7. The highest BCUT2D eigenvalue weighted by Gasteiger charge is 2.32. The summed E-state index contributed by atoms with van der Waals surface area (Å²) in [7, 11) is 0. The lowest BCUT2D eigenvalue weighted by molar-refractivity contribution is 0.0289. The minimum absolute atomic E-state index is 0.0278. The summed E-state index contributed by atoms with van der Waals surface area (Å²) in [5.74, 6) is 1.12. The average molecular weight is 571 g/mol. The molecule has 1 unspecified atom stereocenters. The largest absolute Gasteiger partial charge is 0.444 e. The van der Waals surface area contributed by atoms with Gasteiger partial charge in [0.15, 0.2) is 17.0 Å². The van der Waals surface area contributed by atoms with Gasteiger partial charge >= 0.3 is 6.09 Å². The van der Waals surface area contributed by atoms with Gasteiger partial charge in [-0.3, -0.25) is 0 Å². The predicted molar refractivity (Wildman–Crippen MR) is 163 cm³/mol. The lowest BCUT2D eigenvalue weighted by Gasteiger charge is -2.28. The summed E-state index contributed by atoms with van der Waals surface area (Å²) >= 11 is 0. The topological polar surface area (TPSA) is 110 Å². The van der Waals surface area contributed by atoms with E-state index in [1.807, 2.05) is 51.1 Å². The molecule has 1 amide bonds. The van der Waals surface area contributed by atoms with Gasteiger partial charge in [-0.15, -0.1) is 0 Å². The molecule has 0 saturated carbocycles. The second kappa shape index (κ2) is 11.8. The Kier molecular flexibility index (Phi) is 7.84. The third kappa shape index (κ3) is 6.41. The van der Waals surface area contributed by atoms with Crippen molar-refractivity contribution in [1.29, 1.82) is 0 Å². The van der Waals surface area contributed by atoms with Gasteiger partial charge < -0.3 is 34.5 Å². The molecule has 0 radical (unpaired) electrons. The number of morpholine rings is 1. The number of nitrogens with one attached hydrogen (secondary N) is 2. The number of amides is 1. The first kappa shape index (κ1) is 27.8. The predicted octanol–water partition coefficient (Wildman–Crippen LogP) is 5.20. The number of imidazole rings is 1. The molecule has 1 atom stereocenters. The summed E-state index contributed by atoms with van der Waals surface area (Å²) in [5, 5.41) is 6.86. The molecule has 4 aromatic rings. The summed E-state index contributed by atoms with van der Waals surface area (Å²) in [6, 6.07) is 18.5. The highest BCUT2D eigenvalue weighted by atomic mass is 16.6. The van der Waals surface area contributed by atoms with Gasteiger partial charge in [-0.25, -0.2) is 9.78 Å². The number of likely N-dealkylation sites (tertiary alicyclic amines) is 1. The average Bonchev–Trinajstić information content (AvgIpc) is 3.64. The summed E-state index contributed by atoms with van der Waals surface area (Å²) < 4.78 is 13.2. The van der Waals surface area contributed by atoms with Crippen LogP contribution in [-0.4, -0.2) is 75.5 Å². The molecule has 11 nitrogen and oxygen atoms in total. The molecule has 42 heavy (non-hydrogen) atoms. The first-order valence-electron chi connectivity index (χ1n) is 14.5. The van der Waals surface area contributed by atoms with Crippen LogP contribution in [0.15, 0.2) is 60.9 Å². The Morgan fingerprint density at radius 1 is 1.02 bits per heavy atom. The zero-order valence-corrected chi connectivity index (χ0v) is 24.4. The number of rotatable bonds is 7. The highest BCUT2D eigenvalue weighted by molar-refractivity contribution is 5.85. The summed E-state index contributed by atoms with van der Waals surface area (Å²) in [6.45, 7) is 10.7. The Hall–Kier alpha value is -4.38. The van der Waals surface area contributed by atoms with E-state index < -0.39 is 5.60 Å². The number of carbonyl (C=O) groups excluding carboxylic acids is 1. The number of hydrogen-bond acceptors (Lipinski definition) is 9. The highest BCUT2D eigenvalue weighted by Crippen LogP contribution is 2.30. The first-order chi connectivity index (χ1) is 20.3. The quantitative estimate of drug-likeness (QED) is 0.310. The van der Waals surface area contributed by atoms with Gasteiger partial charge in [0.2, 0.25) is 5.95 Å². The number of fused-ring (bicyclic) bond motifs is 1. The van der Waals surface area contributed by atoms with Gasteiger partial charge in [0.05, 0.1) is 25.6 Å². The zero-order valence-electron chi connectivity index (χ0n) is 24.4. The van der Waals surface area contributed by atoms with Crippen molar-refractivity contribution in [1.82, 2.24) is 24.4 Å². The first-order valence-corrected chi connectivity index (χ1v) is 14.5. The van der Waals surface area contributed by atoms with Crippen molar-refractivity contribution in [3.8, 4) is 0 Å². The van der Waals surface area contributed by atoms with Crippen molar-refractivity contribution in [3.05, 3.63) is 66.5 Å². The van der Waals surface area contributed by atoms with E-state index in [9.17, 15) is 4.79 Å². The molecule has 220 valence electrons. The van der Waals surface area contributed by atoms with Crippen LogP contribution in [0.25, 0.3) is 11.2 Å². The third-order valence-electron chi connectivity index (χ3n) is 7.43. The number of nitrogens with zero attached hydrogens (tertiary/aromatic N) is 6. The van der Waals surface area contributed by atoms with E-state index in [0.29, 0.717) is 42.6 Å². The van der Waals surface area contributed by atoms with E-state index in [-0.39, 0.29) is 12.1 Å². The number of anilines is 4. The third-order valence-corrected chi connectivity index (χ3v) is 7.43. The summed E-state index contributed by atoms with van der Waals surface area (Å²) in [6.07, 6.45) is 2.29. The minimum atomic E-state index is -0.537. The number of carbonyl (C=O) groups is 1. The number of hydrogen-bond donors (Lipinski definition) is 2. The molecule has 0 bridgehead atoms. The Balaban J connectivity index is 1.26. The van der Waals surface area contributed by atoms with Crippen LogP contribution in [0, 0.1) is 0 Å². The second-order valence-corrected chi connectivity index (χ2v) is 11.7. The fraction of sp³-hybridized carbons (Fsp3) is 0.419. The van der Waals surface area contributed by atoms with Gasteiger partial charge in [-0.2, -0.15) is 9.97 Å². The molecule has 0 aliphatic carbocycles. The van der Waals surface area contributed by atoms with Gasteiger partial charge in [0, 0.05) is 44.1 Å². The SMILES string of the molecule is CC(C)(C)OC(=O)N1CCC(n2cnc3c(NCc4ccccc4)nc(Nc4ccc(N5CCOCC5)cc4)nc32)C1. The molecular weight excluding hydrogens is 532 g/mol. The zero-order chi connectivity index (χ0) is 29.1. The molecule has 2 aromatic heterocycles. The van der Waals surface area contributed by atoms with Crippen LogP contribution >= 0.6 is 0 Å². The smallest absolute Gasteiger partial charge is 0.410 e. The molecule has 0 spiro atoms. The number of ether oxygens (including phenoxy) is 2. The van der Waals surface area contributed by atoms with Crippen LogP contribution < -0.4 is 15.5 Å². The van der Waals surface area contributed by atoms with Crippen molar-refractivity contribution in [2.45, 2.75) is 45.4 Å². The molecule has 2 fully saturated rings. The number of benzene rings is 2.